The summed E-state index contributed by atoms with van der Waals surface area (Å²) in [6, 6.07) is 9.71. The van der Waals surface area contributed by atoms with E-state index in [0.29, 0.717) is 19.0 Å². The fourth-order valence-electron chi connectivity index (χ4n) is 2.56. The molecule has 122 valence electrons. The molecular formula is C16H24ClN3O2. The van der Waals surface area contributed by atoms with E-state index in [9.17, 15) is 9.59 Å². The lowest BCUT2D eigenvalue weighted by Crippen LogP contribution is -2.42. The third-order valence-electron chi connectivity index (χ3n) is 3.70. The first-order valence-electron chi connectivity index (χ1n) is 7.51. The molecule has 2 atom stereocenters. The molecule has 0 aliphatic carbocycles. The van der Waals surface area contributed by atoms with E-state index in [1.165, 1.54) is 0 Å². The first-order valence-corrected chi connectivity index (χ1v) is 7.51. The fraction of sp³-hybridized carbons (Fsp3) is 0.500. The second-order valence-electron chi connectivity index (χ2n) is 5.53. The maximum absolute atomic E-state index is 12.0. The van der Waals surface area contributed by atoms with Crippen LogP contribution < -0.4 is 16.0 Å². The Morgan fingerprint density at radius 3 is 2.68 bits per heavy atom. The average Bonchev–Trinajstić information content (AvgIpc) is 2.48. The van der Waals surface area contributed by atoms with Gasteiger partial charge in [-0.2, -0.15) is 0 Å². The minimum absolute atomic E-state index is 0. The molecule has 0 radical (unpaired) electrons. The van der Waals surface area contributed by atoms with E-state index >= 15 is 0 Å². The topological polar surface area (TPSA) is 70.2 Å². The Hall–Kier alpha value is -1.59. The second kappa shape index (κ2) is 9.43. The quantitative estimate of drug-likeness (QED) is 0.775. The number of amides is 2. The zero-order valence-corrected chi connectivity index (χ0v) is 13.6. The van der Waals surface area contributed by atoms with E-state index in [-0.39, 0.29) is 30.1 Å². The monoisotopic (exact) mass is 325 g/mol. The van der Waals surface area contributed by atoms with Crippen molar-refractivity contribution in [1.82, 2.24) is 10.6 Å². The maximum atomic E-state index is 12.0. The van der Waals surface area contributed by atoms with E-state index in [0.717, 1.165) is 25.1 Å². The van der Waals surface area contributed by atoms with Crippen LogP contribution in [0, 0.1) is 5.92 Å². The van der Waals surface area contributed by atoms with Gasteiger partial charge in [0.25, 0.3) is 0 Å². The van der Waals surface area contributed by atoms with Gasteiger partial charge in [-0.1, -0.05) is 18.2 Å². The van der Waals surface area contributed by atoms with Crippen molar-refractivity contribution in [1.29, 1.82) is 0 Å². The number of anilines is 1. The van der Waals surface area contributed by atoms with E-state index in [2.05, 4.69) is 22.9 Å². The van der Waals surface area contributed by atoms with Crippen LogP contribution in [-0.2, 0) is 9.59 Å². The number of nitrogens with one attached hydrogen (secondary N) is 3. The largest absolute Gasteiger partial charge is 0.355 e. The van der Waals surface area contributed by atoms with Crippen LogP contribution in [0.2, 0.25) is 0 Å². The van der Waals surface area contributed by atoms with Crippen LogP contribution in [0.15, 0.2) is 30.3 Å². The number of carbonyl (C=O) groups is 2. The number of benzene rings is 1. The highest BCUT2D eigenvalue weighted by Gasteiger charge is 2.24. The predicted molar refractivity (Wildman–Crippen MR) is 90.1 cm³/mol. The number of hydrogen-bond acceptors (Lipinski definition) is 3. The third-order valence-corrected chi connectivity index (χ3v) is 3.70. The molecule has 1 aromatic carbocycles. The Morgan fingerprint density at radius 2 is 2.00 bits per heavy atom. The van der Waals surface area contributed by atoms with E-state index in [1.807, 2.05) is 30.3 Å². The molecule has 6 heteroatoms. The van der Waals surface area contributed by atoms with Crippen LogP contribution in [0.3, 0.4) is 0 Å². The highest BCUT2D eigenvalue weighted by Crippen LogP contribution is 2.15. The molecular weight excluding hydrogens is 302 g/mol. The summed E-state index contributed by atoms with van der Waals surface area (Å²) in [5.41, 5.74) is 0.779. The zero-order chi connectivity index (χ0) is 15.1. The number of hydrogen-bond donors (Lipinski definition) is 3. The molecule has 0 unspecified atom stereocenters. The summed E-state index contributed by atoms with van der Waals surface area (Å²) in [6.07, 6.45) is 2.02. The smallest absolute Gasteiger partial charge is 0.226 e. The van der Waals surface area contributed by atoms with Crippen molar-refractivity contribution in [2.24, 2.45) is 5.92 Å². The normalized spacial score (nSPS) is 20.6. The van der Waals surface area contributed by atoms with Crippen molar-refractivity contribution >= 4 is 29.9 Å². The average molecular weight is 326 g/mol. The molecule has 1 fully saturated rings. The summed E-state index contributed by atoms with van der Waals surface area (Å²) in [5.74, 6) is 0.0504. The van der Waals surface area contributed by atoms with E-state index in [1.54, 1.807) is 0 Å². The van der Waals surface area contributed by atoms with Gasteiger partial charge in [0.15, 0.2) is 0 Å². The van der Waals surface area contributed by atoms with Crippen LogP contribution in [0.1, 0.15) is 26.2 Å². The lowest BCUT2D eigenvalue weighted by atomic mass is 9.92. The highest BCUT2D eigenvalue weighted by atomic mass is 35.5. The minimum atomic E-state index is -0.0832. The Bertz CT molecular complexity index is 482. The molecule has 0 bridgehead atoms. The number of para-hydroxylation sites is 1. The molecule has 1 heterocycles. The van der Waals surface area contributed by atoms with Gasteiger partial charge < -0.3 is 16.0 Å². The van der Waals surface area contributed by atoms with Gasteiger partial charge in [0.2, 0.25) is 11.8 Å². The van der Waals surface area contributed by atoms with Gasteiger partial charge in [-0.15, -0.1) is 12.4 Å². The van der Waals surface area contributed by atoms with Gasteiger partial charge >= 0.3 is 0 Å². The Labute approximate surface area is 137 Å². The molecule has 3 N–H and O–H groups in total. The molecule has 0 spiro atoms. The summed E-state index contributed by atoms with van der Waals surface area (Å²) in [6.45, 7) is 3.36. The molecule has 2 rings (SSSR count). The SMILES string of the molecule is C[C@H]1C[C@@H](C(=O)NCCC(=O)Nc2ccccc2)CCN1.Cl. The zero-order valence-electron chi connectivity index (χ0n) is 12.8. The standard InChI is InChI=1S/C16H23N3O2.ClH/c1-12-11-13(7-9-17-12)16(21)18-10-8-15(20)19-14-5-3-2-4-6-14;/h2-6,12-13,17H,7-11H2,1H3,(H,18,21)(H,19,20);1H/t12-,13-;/m0./s1. The van der Waals surface area contributed by atoms with Crippen LogP contribution in [0.25, 0.3) is 0 Å². The lowest BCUT2D eigenvalue weighted by Gasteiger charge is -2.27. The number of carbonyl (C=O) groups excluding carboxylic acids is 2. The Kier molecular flexibility index (Phi) is 7.91. The summed E-state index contributed by atoms with van der Waals surface area (Å²) in [7, 11) is 0. The summed E-state index contributed by atoms with van der Waals surface area (Å²) in [5, 5.41) is 8.99. The number of rotatable bonds is 5. The van der Waals surface area contributed by atoms with Crippen LogP contribution in [-0.4, -0.2) is 30.9 Å². The molecule has 2 amide bonds. The van der Waals surface area contributed by atoms with Crippen LogP contribution >= 0.6 is 12.4 Å². The van der Waals surface area contributed by atoms with Crippen LogP contribution in [0.5, 0.6) is 0 Å². The van der Waals surface area contributed by atoms with Crippen molar-refractivity contribution in [2.75, 3.05) is 18.4 Å². The molecule has 22 heavy (non-hydrogen) atoms. The number of halogens is 1. The lowest BCUT2D eigenvalue weighted by molar-refractivity contribution is -0.126. The second-order valence-corrected chi connectivity index (χ2v) is 5.53. The highest BCUT2D eigenvalue weighted by molar-refractivity contribution is 5.91. The van der Waals surface area contributed by atoms with Crippen molar-refractivity contribution < 1.29 is 9.59 Å². The van der Waals surface area contributed by atoms with Gasteiger partial charge in [-0.25, -0.2) is 0 Å². The van der Waals surface area contributed by atoms with Gasteiger partial charge in [-0.3, -0.25) is 9.59 Å². The molecule has 1 aliphatic heterocycles. The van der Waals surface area contributed by atoms with Crippen molar-refractivity contribution in [3.8, 4) is 0 Å². The Balaban J connectivity index is 0.00000242. The summed E-state index contributed by atoms with van der Waals surface area (Å²) >= 11 is 0. The third kappa shape index (κ3) is 6.03. The summed E-state index contributed by atoms with van der Waals surface area (Å²) < 4.78 is 0. The molecule has 0 saturated carbocycles. The Morgan fingerprint density at radius 1 is 1.27 bits per heavy atom. The van der Waals surface area contributed by atoms with Gasteiger partial charge in [0.05, 0.1) is 0 Å². The van der Waals surface area contributed by atoms with Crippen molar-refractivity contribution in [3.05, 3.63) is 30.3 Å². The van der Waals surface area contributed by atoms with E-state index < -0.39 is 0 Å². The summed E-state index contributed by atoms with van der Waals surface area (Å²) in [4.78, 5) is 23.8. The van der Waals surface area contributed by atoms with Crippen molar-refractivity contribution in [2.45, 2.75) is 32.2 Å². The predicted octanol–water partition coefficient (Wildman–Crippen LogP) is 1.94. The van der Waals surface area contributed by atoms with Crippen LogP contribution in [0.4, 0.5) is 5.69 Å². The molecule has 5 nitrogen and oxygen atoms in total. The molecule has 1 aromatic rings. The van der Waals surface area contributed by atoms with Gasteiger partial charge in [0, 0.05) is 30.6 Å². The first-order chi connectivity index (χ1) is 10.1. The van der Waals surface area contributed by atoms with Gasteiger partial charge in [-0.05, 0) is 38.4 Å². The van der Waals surface area contributed by atoms with E-state index in [4.69, 9.17) is 0 Å². The first kappa shape index (κ1) is 18.5. The van der Waals surface area contributed by atoms with Gasteiger partial charge in [0.1, 0.15) is 0 Å². The fourth-order valence-corrected chi connectivity index (χ4v) is 2.56. The molecule has 1 aliphatic rings. The number of piperidine rings is 1. The molecule has 1 saturated heterocycles. The van der Waals surface area contributed by atoms with Crippen molar-refractivity contribution in [3.63, 3.8) is 0 Å². The molecule has 0 aromatic heterocycles. The maximum Gasteiger partial charge on any atom is 0.226 e. The minimum Gasteiger partial charge on any atom is -0.355 e.